The average Bonchev–Trinajstić information content (AvgIpc) is 3.40. The van der Waals surface area contributed by atoms with Crippen LogP contribution in [0.2, 0.25) is 0 Å². The van der Waals surface area contributed by atoms with Gasteiger partial charge in [-0.05, 0) is 35.9 Å². The maximum atomic E-state index is 12.6. The van der Waals surface area contributed by atoms with E-state index in [1.807, 2.05) is 35.7 Å². The summed E-state index contributed by atoms with van der Waals surface area (Å²) < 4.78 is 10.6. The monoisotopic (exact) mass is 439 g/mol. The van der Waals surface area contributed by atoms with Gasteiger partial charge in [0.15, 0.2) is 11.5 Å². The third-order valence-corrected chi connectivity index (χ3v) is 6.29. The minimum absolute atomic E-state index is 0.0781. The summed E-state index contributed by atoms with van der Waals surface area (Å²) in [4.78, 5) is 21.3. The number of nitrogens with one attached hydrogen (secondary N) is 3. The van der Waals surface area contributed by atoms with E-state index in [-0.39, 0.29) is 30.5 Å². The highest BCUT2D eigenvalue weighted by molar-refractivity contribution is 7.13. The van der Waals surface area contributed by atoms with Crippen LogP contribution in [0.1, 0.15) is 24.2 Å². The van der Waals surface area contributed by atoms with Crippen molar-refractivity contribution in [3.05, 3.63) is 59.4 Å². The van der Waals surface area contributed by atoms with Crippen molar-refractivity contribution in [2.45, 2.75) is 25.6 Å². The number of rotatable bonds is 7. The maximum Gasteiger partial charge on any atom is 0.227 e. The van der Waals surface area contributed by atoms with Gasteiger partial charge in [0.1, 0.15) is 5.01 Å². The van der Waals surface area contributed by atoms with Crippen LogP contribution in [-0.4, -0.2) is 36.3 Å². The summed E-state index contributed by atoms with van der Waals surface area (Å²) in [6.45, 7) is 2.10. The highest BCUT2D eigenvalue weighted by Gasteiger charge is 2.34. The SMILES string of the molecule is COc1ccc(-c2nc(CC(=O)NC3NNC(c4ccncc4)C3C)cs2)cc1OC. The molecule has 1 aliphatic rings. The summed E-state index contributed by atoms with van der Waals surface area (Å²) in [5, 5.41) is 5.80. The third kappa shape index (κ3) is 4.68. The van der Waals surface area contributed by atoms with E-state index in [1.54, 1.807) is 26.6 Å². The van der Waals surface area contributed by atoms with Crippen molar-refractivity contribution in [2.75, 3.05) is 14.2 Å². The molecular weight excluding hydrogens is 414 g/mol. The molecule has 1 aromatic carbocycles. The zero-order valence-electron chi connectivity index (χ0n) is 17.6. The number of ether oxygens (including phenoxy) is 2. The Morgan fingerprint density at radius 3 is 2.65 bits per heavy atom. The first-order valence-electron chi connectivity index (χ1n) is 9.96. The van der Waals surface area contributed by atoms with E-state index in [0.29, 0.717) is 11.5 Å². The molecule has 3 unspecified atom stereocenters. The van der Waals surface area contributed by atoms with Gasteiger partial charge >= 0.3 is 0 Å². The highest BCUT2D eigenvalue weighted by Crippen LogP contribution is 2.33. The summed E-state index contributed by atoms with van der Waals surface area (Å²) in [5.74, 6) is 1.40. The molecule has 0 radical (unpaired) electrons. The number of carbonyl (C=O) groups is 1. The summed E-state index contributed by atoms with van der Waals surface area (Å²) >= 11 is 1.50. The molecule has 1 aliphatic heterocycles. The van der Waals surface area contributed by atoms with Crippen LogP contribution in [0.3, 0.4) is 0 Å². The van der Waals surface area contributed by atoms with E-state index in [9.17, 15) is 4.79 Å². The minimum Gasteiger partial charge on any atom is -0.493 e. The quantitative estimate of drug-likeness (QED) is 0.521. The van der Waals surface area contributed by atoms with Crippen molar-refractivity contribution in [1.29, 1.82) is 0 Å². The number of hydrogen-bond donors (Lipinski definition) is 3. The van der Waals surface area contributed by atoms with E-state index < -0.39 is 0 Å². The summed E-state index contributed by atoms with van der Waals surface area (Å²) in [6, 6.07) is 9.72. The Kier molecular flexibility index (Phi) is 6.45. The zero-order valence-corrected chi connectivity index (χ0v) is 18.4. The minimum atomic E-state index is -0.172. The predicted octanol–water partition coefficient (Wildman–Crippen LogP) is 2.69. The number of aromatic nitrogens is 2. The number of benzene rings is 1. The molecule has 0 saturated carbocycles. The van der Waals surface area contributed by atoms with Gasteiger partial charge in [-0.1, -0.05) is 6.92 Å². The number of nitrogens with zero attached hydrogens (tertiary/aromatic N) is 2. The lowest BCUT2D eigenvalue weighted by Crippen LogP contribution is -2.46. The smallest absolute Gasteiger partial charge is 0.227 e. The molecule has 1 fully saturated rings. The molecule has 3 atom stereocenters. The van der Waals surface area contributed by atoms with Crippen LogP contribution in [-0.2, 0) is 11.2 Å². The summed E-state index contributed by atoms with van der Waals surface area (Å²) in [7, 11) is 3.21. The van der Waals surface area contributed by atoms with Crippen molar-refractivity contribution < 1.29 is 14.3 Å². The second-order valence-electron chi connectivity index (χ2n) is 7.34. The van der Waals surface area contributed by atoms with Crippen LogP contribution in [0.5, 0.6) is 11.5 Å². The van der Waals surface area contributed by atoms with Gasteiger partial charge in [0.25, 0.3) is 0 Å². The number of methoxy groups -OCH3 is 2. The Morgan fingerprint density at radius 1 is 1.13 bits per heavy atom. The van der Waals surface area contributed by atoms with Gasteiger partial charge in [0.05, 0.1) is 38.5 Å². The fourth-order valence-electron chi connectivity index (χ4n) is 3.64. The van der Waals surface area contributed by atoms with Gasteiger partial charge in [0, 0.05) is 29.3 Å². The Hall–Kier alpha value is -3.01. The average molecular weight is 440 g/mol. The zero-order chi connectivity index (χ0) is 21.8. The van der Waals surface area contributed by atoms with Crippen molar-refractivity contribution in [2.24, 2.45) is 5.92 Å². The standard InChI is InChI=1S/C22H25N5O3S/c1-13-20(14-6-8-23-9-7-14)26-27-21(13)25-19(28)11-16-12-31-22(24-16)15-4-5-17(29-2)18(10-15)30-3/h4-10,12-13,20-21,26-27H,11H2,1-3H3,(H,25,28). The van der Waals surface area contributed by atoms with Crippen LogP contribution in [0, 0.1) is 5.92 Å². The molecule has 0 spiro atoms. The fourth-order valence-corrected chi connectivity index (χ4v) is 4.46. The first-order chi connectivity index (χ1) is 15.1. The number of amides is 1. The lowest BCUT2D eigenvalue weighted by Gasteiger charge is -2.19. The van der Waals surface area contributed by atoms with Gasteiger partial charge in [-0.3, -0.25) is 9.78 Å². The molecule has 162 valence electrons. The normalized spacial score (nSPS) is 20.4. The Morgan fingerprint density at radius 2 is 1.90 bits per heavy atom. The van der Waals surface area contributed by atoms with Crippen LogP contribution in [0.4, 0.5) is 0 Å². The van der Waals surface area contributed by atoms with Crippen molar-refractivity contribution in [3.63, 3.8) is 0 Å². The molecular formula is C22H25N5O3S. The Labute approximate surface area is 185 Å². The van der Waals surface area contributed by atoms with Gasteiger partial charge in [-0.15, -0.1) is 11.3 Å². The topological polar surface area (TPSA) is 97.4 Å². The van der Waals surface area contributed by atoms with E-state index in [1.165, 1.54) is 11.3 Å². The Bertz CT molecular complexity index is 1040. The first-order valence-corrected chi connectivity index (χ1v) is 10.8. The van der Waals surface area contributed by atoms with Crippen LogP contribution >= 0.6 is 11.3 Å². The summed E-state index contributed by atoms with van der Waals surface area (Å²) in [6.07, 6.45) is 3.59. The molecule has 0 bridgehead atoms. The molecule has 0 aliphatic carbocycles. The van der Waals surface area contributed by atoms with Crippen LogP contribution in [0.25, 0.3) is 10.6 Å². The third-order valence-electron chi connectivity index (χ3n) is 5.35. The van der Waals surface area contributed by atoms with Gasteiger partial charge in [-0.25, -0.2) is 15.8 Å². The van der Waals surface area contributed by atoms with Gasteiger partial charge < -0.3 is 14.8 Å². The van der Waals surface area contributed by atoms with E-state index in [2.05, 4.69) is 33.1 Å². The fraction of sp³-hybridized carbons (Fsp3) is 0.318. The van der Waals surface area contributed by atoms with Crippen molar-refractivity contribution in [3.8, 4) is 22.1 Å². The van der Waals surface area contributed by atoms with Gasteiger partial charge in [0.2, 0.25) is 5.91 Å². The summed E-state index contributed by atoms with van der Waals surface area (Å²) in [5.41, 5.74) is 9.22. The van der Waals surface area contributed by atoms with Crippen LogP contribution < -0.4 is 25.6 Å². The number of hydrogen-bond acceptors (Lipinski definition) is 8. The van der Waals surface area contributed by atoms with E-state index in [4.69, 9.17) is 9.47 Å². The molecule has 8 nitrogen and oxygen atoms in total. The van der Waals surface area contributed by atoms with E-state index in [0.717, 1.165) is 21.8 Å². The van der Waals surface area contributed by atoms with Crippen LogP contribution in [0.15, 0.2) is 48.1 Å². The molecule has 2 aromatic heterocycles. The maximum absolute atomic E-state index is 12.6. The number of pyridine rings is 1. The predicted molar refractivity (Wildman–Crippen MR) is 119 cm³/mol. The van der Waals surface area contributed by atoms with Crippen molar-refractivity contribution in [1.82, 2.24) is 26.1 Å². The number of carbonyl (C=O) groups excluding carboxylic acids is 1. The molecule has 9 heteroatoms. The molecule has 31 heavy (non-hydrogen) atoms. The lowest BCUT2D eigenvalue weighted by atomic mass is 9.95. The molecule has 4 rings (SSSR count). The highest BCUT2D eigenvalue weighted by atomic mass is 32.1. The number of hydrazine groups is 1. The van der Waals surface area contributed by atoms with E-state index >= 15 is 0 Å². The lowest BCUT2D eigenvalue weighted by molar-refractivity contribution is -0.121. The second kappa shape index (κ2) is 9.42. The molecule has 1 amide bonds. The van der Waals surface area contributed by atoms with Gasteiger partial charge in [-0.2, -0.15) is 0 Å². The Balaban J connectivity index is 1.37. The second-order valence-corrected chi connectivity index (χ2v) is 8.20. The first kappa shape index (κ1) is 21.2. The number of thiazole rings is 1. The molecule has 1 saturated heterocycles. The molecule has 3 heterocycles. The van der Waals surface area contributed by atoms with Crippen molar-refractivity contribution >= 4 is 17.2 Å². The molecule has 3 N–H and O–H groups in total. The molecule has 3 aromatic rings. The largest absolute Gasteiger partial charge is 0.493 e.